The molecule has 36 heavy (non-hydrogen) atoms. The van der Waals surface area contributed by atoms with Crippen molar-refractivity contribution < 1.29 is 14.0 Å². The summed E-state index contributed by atoms with van der Waals surface area (Å²) in [5, 5.41) is 5.50. The molecule has 0 aliphatic carbocycles. The van der Waals surface area contributed by atoms with Crippen LogP contribution in [0.5, 0.6) is 0 Å². The number of hydrogen-bond donors (Lipinski definition) is 3. The average Bonchev–Trinajstić information content (AvgIpc) is 3.26. The number of amides is 2. The van der Waals surface area contributed by atoms with Gasteiger partial charge in [-0.1, -0.05) is 48.5 Å². The van der Waals surface area contributed by atoms with Crippen molar-refractivity contribution in [3.63, 3.8) is 0 Å². The molecular formula is C27H22FN5O3. The van der Waals surface area contributed by atoms with E-state index in [1.54, 1.807) is 30.3 Å². The first-order chi connectivity index (χ1) is 17.4. The molecule has 180 valence electrons. The number of halogens is 1. The Morgan fingerprint density at radius 1 is 0.944 bits per heavy atom. The molecule has 0 atom stereocenters. The third-order valence-electron chi connectivity index (χ3n) is 6.02. The largest absolute Gasteiger partial charge is 0.354 e. The van der Waals surface area contributed by atoms with E-state index in [9.17, 15) is 18.8 Å². The molecule has 0 aliphatic rings. The molecule has 0 saturated heterocycles. The molecule has 9 heteroatoms. The lowest BCUT2D eigenvalue weighted by molar-refractivity contribution is -0.121. The van der Waals surface area contributed by atoms with E-state index in [2.05, 4.69) is 20.9 Å². The highest BCUT2D eigenvalue weighted by Gasteiger charge is 2.18. The lowest BCUT2D eigenvalue weighted by Crippen LogP contribution is -2.42. The Labute approximate surface area is 204 Å². The number of carbonyl (C=O) groups excluding carboxylic acids is 2. The number of aryl methyl sites for hydroxylation is 2. The summed E-state index contributed by atoms with van der Waals surface area (Å²) in [4.78, 5) is 41.0. The van der Waals surface area contributed by atoms with Gasteiger partial charge in [-0.3, -0.25) is 25.2 Å². The number of hydrogen-bond acceptors (Lipinski definition) is 4. The summed E-state index contributed by atoms with van der Waals surface area (Å²) in [5.74, 6) is -1.44. The smallest absolute Gasteiger partial charge is 0.290 e. The highest BCUT2D eigenvalue weighted by Crippen LogP contribution is 2.31. The van der Waals surface area contributed by atoms with E-state index >= 15 is 0 Å². The van der Waals surface area contributed by atoms with Crippen LogP contribution in [0.15, 0.2) is 77.6 Å². The summed E-state index contributed by atoms with van der Waals surface area (Å²) in [7, 11) is 1.46. The summed E-state index contributed by atoms with van der Waals surface area (Å²) >= 11 is 0. The van der Waals surface area contributed by atoms with Crippen LogP contribution in [0.3, 0.4) is 0 Å². The Hall–Kier alpha value is -4.79. The number of rotatable bonds is 5. The molecule has 8 nitrogen and oxygen atoms in total. The fourth-order valence-electron chi connectivity index (χ4n) is 4.28. The van der Waals surface area contributed by atoms with Crippen LogP contribution in [0.4, 0.5) is 4.39 Å². The molecule has 3 aromatic carbocycles. The first kappa shape index (κ1) is 23.0. The highest BCUT2D eigenvalue weighted by atomic mass is 19.1. The third kappa shape index (κ3) is 4.34. The van der Waals surface area contributed by atoms with Crippen molar-refractivity contribution in [2.24, 2.45) is 7.05 Å². The zero-order valence-electron chi connectivity index (χ0n) is 19.3. The quantitative estimate of drug-likeness (QED) is 0.332. The summed E-state index contributed by atoms with van der Waals surface area (Å²) in [6, 6.07) is 20.8. The molecule has 0 radical (unpaired) electrons. The average molecular weight is 484 g/mol. The topological polar surface area (TPSA) is 109 Å². The molecule has 2 heterocycles. The lowest BCUT2D eigenvalue weighted by Gasteiger charge is -2.10. The minimum absolute atomic E-state index is 0.0199. The molecule has 2 aromatic heterocycles. The van der Waals surface area contributed by atoms with Crippen LogP contribution in [0.1, 0.15) is 22.5 Å². The fourth-order valence-corrected chi connectivity index (χ4v) is 4.28. The van der Waals surface area contributed by atoms with E-state index in [1.165, 1.54) is 19.2 Å². The van der Waals surface area contributed by atoms with Crippen molar-refractivity contribution in [1.82, 2.24) is 25.6 Å². The van der Waals surface area contributed by atoms with Crippen molar-refractivity contribution in [2.75, 3.05) is 0 Å². The van der Waals surface area contributed by atoms with Gasteiger partial charge in [0.2, 0.25) is 5.91 Å². The Morgan fingerprint density at radius 3 is 2.44 bits per heavy atom. The SMILES string of the molecule is Cn1nc(C(=O)NNC(=O)CCc2c(-c3ccccc3)[nH]c3ccc(F)cc23)c2ccccc2c1=O. The Kier molecular flexibility index (Phi) is 6.03. The minimum Gasteiger partial charge on any atom is -0.354 e. The summed E-state index contributed by atoms with van der Waals surface area (Å²) < 4.78 is 15.1. The number of aromatic nitrogens is 3. The maximum Gasteiger partial charge on any atom is 0.290 e. The van der Waals surface area contributed by atoms with Crippen molar-refractivity contribution in [2.45, 2.75) is 12.8 Å². The van der Waals surface area contributed by atoms with Crippen molar-refractivity contribution in [3.05, 3.63) is 100 Å². The lowest BCUT2D eigenvalue weighted by atomic mass is 10.0. The Bertz CT molecular complexity index is 1670. The molecule has 5 rings (SSSR count). The molecular weight excluding hydrogens is 461 g/mol. The van der Waals surface area contributed by atoms with Crippen LogP contribution in [0.25, 0.3) is 32.9 Å². The van der Waals surface area contributed by atoms with E-state index in [0.29, 0.717) is 22.6 Å². The van der Waals surface area contributed by atoms with Gasteiger partial charge in [0, 0.05) is 35.5 Å². The monoisotopic (exact) mass is 483 g/mol. The number of fused-ring (bicyclic) bond motifs is 2. The van der Waals surface area contributed by atoms with Gasteiger partial charge in [-0.25, -0.2) is 9.07 Å². The van der Waals surface area contributed by atoms with Gasteiger partial charge in [-0.2, -0.15) is 5.10 Å². The summed E-state index contributed by atoms with van der Waals surface area (Å²) in [6.45, 7) is 0. The first-order valence-corrected chi connectivity index (χ1v) is 11.3. The van der Waals surface area contributed by atoms with Gasteiger partial charge in [-0.05, 0) is 41.8 Å². The number of carbonyl (C=O) groups is 2. The van der Waals surface area contributed by atoms with E-state index < -0.39 is 11.8 Å². The zero-order valence-corrected chi connectivity index (χ0v) is 19.3. The van der Waals surface area contributed by atoms with Gasteiger partial charge in [-0.15, -0.1) is 0 Å². The Morgan fingerprint density at radius 2 is 1.67 bits per heavy atom. The van der Waals surface area contributed by atoms with Gasteiger partial charge in [0.05, 0.1) is 5.39 Å². The molecule has 5 aromatic rings. The minimum atomic E-state index is -0.644. The number of nitrogens with one attached hydrogen (secondary N) is 3. The maximum atomic E-state index is 14.0. The normalized spacial score (nSPS) is 11.1. The predicted octanol–water partition coefficient (Wildman–Crippen LogP) is 3.61. The second-order valence-corrected chi connectivity index (χ2v) is 8.36. The molecule has 2 amide bonds. The van der Waals surface area contributed by atoms with Gasteiger partial charge in [0.1, 0.15) is 5.82 Å². The van der Waals surface area contributed by atoms with Crippen LogP contribution in [-0.4, -0.2) is 26.6 Å². The third-order valence-corrected chi connectivity index (χ3v) is 6.02. The summed E-state index contributed by atoms with van der Waals surface area (Å²) in [6.07, 6.45) is 0.363. The zero-order chi connectivity index (χ0) is 25.2. The van der Waals surface area contributed by atoms with Crippen molar-refractivity contribution in [3.8, 4) is 11.3 Å². The maximum absolute atomic E-state index is 14.0. The van der Waals surface area contributed by atoms with Crippen LogP contribution in [-0.2, 0) is 18.3 Å². The molecule has 0 bridgehead atoms. The van der Waals surface area contributed by atoms with E-state index in [4.69, 9.17) is 0 Å². The second-order valence-electron chi connectivity index (χ2n) is 8.36. The van der Waals surface area contributed by atoms with E-state index in [-0.39, 0.29) is 23.5 Å². The van der Waals surface area contributed by atoms with Crippen LogP contribution in [0.2, 0.25) is 0 Å². The predicted molar refractivity (Wildman–Crippen MR) is 135 cm³/mol. The number of hydrazine groups is 1. The molecule has 0 unspecified atom stereocenters. The second kappa shape index (κ2) is 9.46. The Balaban J connectivity index is 1.33. The molecule has 0 aliphatic heterocycles. The van der Waals surface area contributed by atoms with Crippen molar-refractivity contribution in [1.29, 1.82) is 0 Å². The highest BCUT2D eigenvalue weighted by molar-refractivity contribution is 6.05. The molecule has 0 fully saturated rings. The van der Waals surface area contributed by atoms with Crippen LogP contribution >= 0.6 is 0 Å². The van der Waals surface area contributed by atoms with Gasteiger partial charge in [0.15, 0.2) is 5.69 Å². The molecule has 0 spiro atoms. The fraction of sp³-hybridized carbons (Fsp3) is 0.111. The van der Waals surface area contributed by atoms with Crippen LogP contribution in [0, 0.1) is 5.82 Å². The number of H-pyrrole nitrogens is 1. The number of benzene rings is 3. The van der Waals surface area contributed by atoms with E-state index in [0.717, 1.165) is 27.0 Å². The van der Waals surface area contributed by atoms with Crippen molar-refractivity contribution >= 4 is 33.5 Å². The number of aromatic amines is 1. The first-order valence-electron chi connectivity index (χ1n) is 11.3. The van der Waals surface area contributed by atoms with Gasteiger partial charge < -0.3 is 4.98 Å². The van der Waals surface area contributed by atoms with Crippen LogP contribution < -0.4 is 16.4 Å². The molecule has 0 saturated carbocycles. The summed E-state index contributed by atoms with van der Waals surface area (Å²) in [5.41, 5.74) is 7.80. The number of nitrogens with zero attached hydrogens (tertiary/aromatic N) is 2. The molecule has 3 N–H and O–H groups in total. The van der Waals surface area contributed by atoms with Gasteiger partial charge >= 0.3 is 0 Å². The standard InChI is InChI=1S/C27H22FN5O3/c1-33-27(36)20-10-6-5-9-18(20)25(32-33)26(35)31-30-23(34)14-12-19-21-15-17(28)11-13-22(21)29-24(19)16-7-3-2-4-8-16/h2-11,13,15,29H,12,14H2,1H3,(H,30,34)(H,31,35). The van der Waals surface area contributed by atoms with E-state index in [1.807, 2.05) is 30.3 Å². The van der Waals surface area contributed by atoms with Gasteiger partial charge in [0.25, 0.3) is 11.5 Å².